The molecule has 1 aromatic heterocycles. The van der Waals surface area contributed by atoms with Gasteiger partial charge in [0.2, 0.25) is 10.0 Å². The van der Waals surface area contributed by atoms with Crippen molar-refractivity contribution in [3.05, 3.63) is 53.3 Å². The quantitative estimate of drug-likeness (QED) is 0.703. The van der Waals surface area contributed by atoms with Crippen LogP contribution in [0.15, 0.2) is 40.8 Å². The van der Waals surface area contributed by atoms with Gasteiger partial charge in [-0.2, -0.15) is 0 Å². The van der Waals surface area contributed by atoms with Gasteiger partial charge in [-0.05, 0) is 48.2 Å². The van der Waals surface area contributed by atoms with Crippen LogP contribution in [0.25, 0.3) is 22.3 Å². The molecule has 3 aromatic rings. The monoisotopic (exact) mass is 416 g/mol. The molecular weight excluding hydrogens is 395 g/mol. The minimum absolute atomic E-state index is 0.133. The zero-order valence-electron chi connectivity index (χ0n) is 16.3. The number of benzene rings is 2. The topological polar surface area (TPSA) is 79.6 Å². The Labute approximate surface area is 168 Å². The van der Waals surface area contributed by atoms with Gasteiger partial charge in [-0.3, -0.25) is 9.10 Å². The van der Waals surface area contributed by atoms with Gasteiger partial charge in [0.1, 0.15) is 17.2 Å². The smallest absolute Gasteiger partial charge is 0.255 e. The lowest BCUT2D eigenvalue weighted by atomic mass is 9.91. The van der Waals surface area contributed by atoms with Gasteiger partial charge in [0, 0.05) is 30.6 Å². The van der Waals surface area contributed by atoms with Crippen molar-refractivity contribution < 1.29 is 22.0 Å². The molecule has 1 aliphatic rings. The maximum atomic E-state index is 13.4. The number of fused-ring (bicyclic) bond motifs is 2. The molecule has 0 saturated carbocycles. The normalized spacial score (nSPS) is 16.7. The first-order valence-corrected chi connectivity index (χ1v) is 11.1. The second-order valence-electron chi connectivity index (χ2n) is 7.32. The van der Waals surface area contributed by atoms with Crippen LogP contribution in [0, 0.1) is 5.82 Å². The van der Waals surface area contributed by atoms with Crippen LogP contribution >= 0.6 is 0 Å². The molecule has 8 heteroatoms. The molecule has 4 rings (SSSR count). The van der Waals surface area contributed by atoms with Crippen LogP contribution < -0.4 is 9.62 Å². The number of carbonyl (C=O) groups excluding carboxylic acids is 1. The fourth-order valence-electron chi connectivity index (χ4n) is 3.85. The standard InChI is InChI=1S/C21H21FN2O4S/c1-12-8-9-24(29(3,26)27)17-11-18-16(10-15(12)17)19(21(25)23-2)20(28-18)13-4-6-14(22)7-5-13/h4-7,10-12H,8-9H2,1-3H3,(H,23,25). The fraction of sp³-hybridized carbons (Fsp3) is 0.286. The van der Waals surface area contributed by atoms with Gasteiger partial charge < -0.3 is 9.73 Å². The van der Waals surface area contributed by atoms with Gasteiger partial charge >= 0.3 is 0 Å². The zero-order chi connectivity index (χ0) is 20.9. The molecule has 1 unspecified atom stereocenters. The Bertz CT molecular complexity index is 1220. The summed E-state index contributed by atoms with van der Waals surface area (Å²) in [5.74, 6) is -0.264. The van der Waals surface area contributed by atoms with E-state index in [-0.39, 0.29) is 17.6 Å². The molecule has 1 amide bonds. The van der Waals surface area contributed by atoms with E-state index >= 15 is 0 Å². The van der Waals surface area contributed by atoms with E-state index in [4.69, 9.17) is 4.42 Å². The largest absolute Gasteiger partial charge is 0.455 e. The van der Waals surface area contributed by atoms with E-state index in [1.54, 1.807) is 18.2 Å². The van der Waals surface area contributed by atoms with E-state index in [9.17, 15) is 17.6 Å². The van der Waals surface area contributed by atoms with Crippen LogP contribution in [0.1, 0.15) is 35.2 Å². The number of hydrogen-bond donors (Lipinski definition) is 1. The molecule has 6 nitrogen and oxygen atoms in total. The number of halogens is 1. The first-order valence-electron chi connectivity index (χ1n) is 9.27. The van der Waals surface area contributed by atoms with Gasteiger partial charge in [0.25, 0.3) is 5.91 Å². The minimum atomic E-state index is -3.44. The zero-order valence-corrected chi connectivity index (χ0v) is 17.1. The summed E-state index contributed by atoms with van der Waals surface area (Å²) in [4.78, 5) is 12.7. The highest BCUT2D eigenvalue weighted by molar-refractivity contribution is 7.92. The van der Waals surface area contributed by atoms with Crippen LogP contribution in [-0.2, 0) is 10.0 Å². The SMILES string of the molecule is CNC(=O)c1c(-c2ccc(F)cc2)oc2cc3c(cc12)C(C)CCN3S(C)(=O)=O. The van der Waals surface area contributed by atoms with Crippen molar-refractivity contribution in [3.63, 3.8) is 0 Å². The average molecular weight is 416 g/mol. The molecular formula is C21H21FN2O4S. The number of furan rings is 1. The first-order chi connectivity index (χ1) is 13.7. The van der Waals surface area contributed by atoms with E-state index in [1.165, 1.54) is 29.7 Å². The summed E-state index contributed by atoms with van der Waals surface area (Å²) in [5, 5.41) is 3.23. The van der Waals surface area contributed by atoms with Crippen molar-refractivity contribution in [3.8, 4) is 11.3 Å². The van der Waals surface area contributed by atoms with E-state index in [0.717, 1.165) is 5.56 Å². The van der Waals surface area contributed by atoms with Crippen molar-refractivity contribution in [2.45, 2.75) is 19.3 Å². The lowest BCUT2D eigenvalue weighted by Gasteiger charge is -2.32. The summed E-state index contributed by atoms with van der Waals surface area (Å²) >= 11 is 0. The third-order valence-corrected chi connectivity index (χ3v) is 6.54. The number of sulfonamides is 1. The first kappa shape index (κ1) is 19.4. The molecule has 0 radical (unpaired) electrons. The number of carbonyl (C=O) groups is 1. The molecule has 152 valence electrons. The highest BCUT2D eigenvalue weighted by atomic mass is 32.2. The Kier molecular flexibility index (Phi) is 4.61. The molecule has 0 bridgehead atoms. The van der Waals surface area contributed by atoms with Gasteiger partial charge in [0.05, 0.1) is 17.5 Å². The molecule has 1 atom stereocenters. The van der Waals surface area contributed by atoms with Gasteiger partial charge in [-0.25, -0.2) is 12.8 Å². The van der Waals surface area contributed by atoms with E-state index in [2.05, 4.69) is 5.32 Å². The summed E-state index contributed by atoms with van der Waals surface area (Å²) in [6, 6.07) is 9.22. The third-order valence-electron chi connectivity index (χ3n) is 5.36. The third kappa shape index (κ3) is 3.27. The number of rotatable bonds is 3. The number of nitrogens with zero attached hydrogens (tertiary/aromatic N) is 1. The number of amides is 1. The molecule has 0 fully saturated rings. The number of anilines is 1. The van der Waals surface area contributed by atoms with E-state index in [1.807, 2.05) is 13.0 Å². The van der Waals surface area contributed by atoms with Gasteiger partial charge in [-0.1, -0.05) is 6.92 Å². The molecule has 0 saturated heterocycles. The van der Waals surface area contributed by atoms with Crippen molar-refractivity contribution in [1.82, 2.24) is 5.32 Å². The van der Waals surface area contributed by atoms with Crippen LogP contribution in [0.3, 0.4) is 0 Å². The van der Waals surface area contributed by atoms with Crippen molar-refractivity contribution >= 4 is 32.6 Å². The Morgan fingerprint density at radius 1 is 1.24 bits per heavy atom. The molecule has 1 N–H and O–H groups in total. The summed E-state index contributed by atoms with van der Waals surface area (Å²) in [5.41, 5.74) is 2.74. The molecule has 0 spiro atoms. The summed E-state index contributed by atoms with van der Waals surface area (Å²) in [6.45, 7) is 2.43. The van der Waals surface area contributed by atoms with Crippen molar-refractivity contribution in [1.29, 1.82) is 0 Å². The van der Waals surface area contributed by atoms with Crippen LogP contribution in [0.4, 0.5) is 10.1 Å². The minimum Gasteiger partial charge on any atom is -0.455 e. The fourth-order valence-corrected chi connectivity index (χ4v) is 4.80. The van der Waals surface area contributed by atoms with Crippen LogP contribution in [-0.4, -0.2) is 34.2 Å². The summed E-state index contributed by atoms with van der Waals surface area (Å²) in [6.07, 6.45) is 1.86. The summed E-state index contributed by atoms with van der Waals surface area (Å²) < 4.78 is 45.3. The molecule has 1 aliphatic heterocycles. The highest BCUT2D eigenvalue weighted by Gasteiger charge is 2.31. The second-order valence-corrected chi connectivity index (χ2v) is 9.23. The predicted molar refractivity (Wildman–Crippen MR) is 110 cm³/mol. The van der Waals surface area contributed by atoms with Crippen LogP contribution in [0.5, 0.6) is 0 Å². The molecule has 2 aromatic carbocycles. The predicted octanol–water partition coefficient (Wildman–Crippen LogP) is 3.87. The maximum absolute atomic E-state index is 13.4. The van der Waals surface area contributed by atoms with Crippen molar-refractivity contribution in [2.75, 3.05) is 24.2 Å². The number of nitrogens with one attached hydrogen (secondary N) is 1. The van der Waals surface area contributed by atoms with Gasteiger partial charge in [0.15, 0.2) is 0 Å². The van der Waals surface area contributed by atoms with E-state index in [0.29, 0.717) is 46.5 Å². The Balaban J connectivity index is 2.02. The average Bonchev–Trinajstić information content (AvgIpc) is 3.04. The molecule has 2 heterocycles. The van der Waals surface area contributed by atoms with Crippen molar-refractivity contribution in [2.24, 2.45) is 0 Å². The van der Waals surface area contributed by atoms with Crippen LogP contribution in [0.2, 0.25) is 0 Å². The molecule has 0 aliphatic carbocycles. The second kappa shape index (κ2) is 6.88. The summed E-state index contributed by atoms with van der Waals surface area (Å²) in [7, 11) is -1.91. The highest BCUT2D eigenvalue weighted by Crippen LogP contribution is 2.42. The van der Waals surface area contributed by atoms with E-state index < -0.39 is 10.0 Å². The Morgan fingerprint density at radius 2 is 1.93 bits per heavy atom. The molecule has 29 heavy (non-hydrogen) atoms. The maximum Gasteiger partial charge on any atom is 0.255 e. The lowest BCUT2D eigenvalue weighted by molar-refractivity contribution is 0.0964. The Hall–Kier alpha value is -2.87. The lowest BCUT2D eigenvalue weighted by Crippen LogP contribution is -2.35. The van der Waals surface area contributed by atoms with Gasteiger partial charge in [-0.15, -0.1) is 0 Å². The number of hydrogen-bond acceptors (Lipinski definition) is 4. The Morgan fingerprint density at radius 3 is 2.55 bits per heavy atom.